The molecule has 1 aromatic heterocycles. The van der Waals surface area contributed by atoms with Crippen LogP contribution in [0.4, 0.5) is 5.69 Å². The van der Waals surface area contributed by atoms with Crippen LogP contribution in [0.1, 0.15) is 21.8 Å². The van der Waals surface area contributed by atoms with E-state index in [-0.39, 0.29) is 6.54 Å². The van der Waals surface area contributed by atoms with Crippen LogP contribution in [-0.2, 0) is 11.3 Å². The fraction of sp³-hybridized carbons (Fsp3) is 0.154. The van der Waals surface area contributed by atoms with Gasteiger partial charge in [-0.3, -0.25) is 14.5 Å². The molecular weight excluding hydrogens is 268 g/mol. The number of carbonyl (C=O) groups is 2. The molecule has 0 spiro atoms. The maximum atomic E-state index is 12.0. The fourth-order valence-electron chi connectivity index (χ4n) is 2.08. The van der Waals surface area contributed by atoms with Gasteiger partial charge >= 0.3 is 0 Å². The quantitative estimate of drug-likeness (QED) is 0.790. The highest BCUT2D eigenvalue weighted by Gasteiger charge is 2.36. The summed E-state index contributed by atoms with van der Waals surface area (Å²) in [6, 6.07) is 6.54. The molecule has 0 saturated carbocycles. The van der Waals surface area contributed by atoms with E-state index in [0.29, 0.717) is 27.7 Å². The molecule has 0 N–H and O–H groups in total. The van der Waals surface area contributed by atoms with Gasteiger partial charge in [-0.05, 0) is 25.1 Å². The molecule has 2 heterocycles. The molecule has 5 nitrogen and oxygen atoms in total. The number of Topliss-reactive ketones (excluding diaryl/α,β-unsaturated/α-hetero) is 1. The highest BCUT2D eigenvalue weighted by molar-refractivity contribution is 6.52. The minimum atomic E-state index is -0.571. The van der Waals surface area contributed by atoms with Gasteiger partial charge in [0.05, 0.1) is 17.8 Å². The van der Waals surface area contributed by atoms with Crippen molar-refractivity contribution in [2.75, 3.05) is 4.90 Å². The van der Waals surface area contributed by atoms with E-state index in [9.17, 15) is 9.59 Å². The smallest absolute Gasteiger partial charge is 0.299 e. The van der Waals surface area contributed by atoms with Gasteiger partial charge < -0.3 is 4.52 Å². The maximum Gasteiger partial charge on any atom is 0.299 e. The average molecular weight is 277 g/mol. The first kappa shape index (κ1) is 11.9. The number of benzene rings is 1. The second-order valence-corrected chi connectivity index (χ2v) is 4.75. The zero-order chi connectivity index (χ0) is 13.6. The van der Waals surface area contributed by atoms with E-state index in [1.807, 2.05) is 0 Å². The zero-order valence-electron chi connectivity index (χ0n) is 10.0. The average Bonchev–Trinajstić information content (AvgIpc) is 2.88. The Bertz CT molecular complexity index is 693. The molecule has 96 valence electrons. The third kappa shape index (κ3) is 1.92. The molecule has 1 amide bonds. The van der Waals surface area contributed by atoms with Gasteiger partial charge in [-0.1, -0.05) is 16.8 Å². The summed E-state index contributed by atoms with van der Waals surface area (Å²) < 4.78 is 4.95. The first-order chi connectivity index (χ1) is 9.06. The Morgan fingerprint density at radius 2 is 2.11 bits per heavy atom. The summed E-state index contributed by atoms with van der Waals surface area (Å²) in [5, 5.41) is 4.25. The van der Waals surface area contributed by atoms with E-state index in [1.165, 1.54) is 11.0 Å². The summed E-state index contributed by atoms with van der Waals surface area (Å²) >= 11 is 5.84. The summed E-state index contributed by atoms with van der Waals surface area (Å²) in [6.45, 7) is 1.97. The summed E-state index contributed by atoms with van der Waals surface area (Å²) in [6.07, 6.45) is 0. The number of anilines is 1. The SMILES string of the molecule is Cc1cc(CN2C(=O)C(=O)c3cc(Cl)ccc32)no1. The van der Waals surface area contributed by atoms with Crippen molar-refractivity contribution in [2.24, 2.45) is 0 Å². The minimum Gasteiger partial charge on any atom is -0.361 e. The Balaban J connectivity index is 1.99. The number of aryl methyl sites for hydroxylation is 1. The van der Waals surface area contributed by atoms with Crippen molar-refractivity contribution in [3.63, 3.8) is 0 Å². The number of carbonyl (C=O) groups excluding carboxylic acids is 2. The van der Waals surface area contributed by atoms with Gasteiger partial charge in [-0.2, -0.15) is 0 Å². The van der Waals surface area contributed by atoms with Crippen molar-refractivity contribution < 1.29 is 14.1 Å². The highest BCUT2D eigenvalue weighted by Crippen LogP contribution is 2.32. The molecule has 19 heavy (non-hydrogen) atoms. The number of hydrogen-bond donors (Lipinski definition) is 0. The predicted molar refractivity (Wildman–Crippen MR) is 68.2 cm³/mol. The van der Waals surface area contributed by atoms with Gasteiger partial charge in [-0.15, -0.1) is 0 Å². The van der Waals surface area contributed by atoms with Crippen LogP contribution in [0.3, 0.4) is 0 Å². The molecule has 0 radical (unpaired) electrons. The summed E-state index contributed by atoms with van der Waals surface area (Å²) in [5.74, 6) is -0.458. The fourth-order valence-corrected chi connectivity index (χ4v) is 2.26. The van der Waals surface area contributed by atoms with Crippen LogP contribution < -0.4 is 4.90 Å². The number of nitrogens with zero attached hydrogens (tertiary/aromatic N) is 2. The topological polar surface area (TPSA) is 63.4 Å². The van der Waals surface area contributed by atoms with Gasteiger partial charge in [0.2, 0.25) is 0 Å². The summed E-state index contributed by atoms with van der Waals surface area (Å²) in [5.41, 5.74) is 1.49. The number of halogens is 1. The number of hydrogen-bond acceptors (Lipinski definition) is 4. The zero-order valence-corrected chi connectivity index (χ0v) is 10.8. The van der Waals surface area contributed by atoms with E-state index in [1.54, 1.807) is 25.1 Å². The molecule has 0 bridgehead atoms. The van der Waals surface area contributed by atoms with E-state index < -0.39 is 11.7 Å². The number of rotatable bonds is 2. The Kier molecular flexibility index (Phi) is 2.64. The molecule has 6 heteroatoms. The minimum absolute atomic E-state index is 0.205. The van der Waals surface area contributed by atoms with E-state index in [4.69, 9.17) is 16.1 Å². The van der Waals surface area contributed by atoms with Crippen molar-refractivity contribution in [3.8, 4) is 0 Å². The van der Waals surface area contributed by atoms with Crippen LogP contribution in [0, 0.1) is 6.92 Å². The molecule has 0 saturated heterocycles. The van der Waals surface area contributed by atoms with Crippen LogP contribution in [0.5, 0.6) is 0 Å². The second-order valence-electron chi connectivity index (χ2n) is 4.31. The lowest BCUT2D eigenvalue weighted by Gasteiger charge is -2.14. The number of aromatic nitrogens is 1. The standard InChI is InChI=1S/C13H9ClN2O3/c1-7-4-9(15-19-7)6-16-11-3-2-8(14)5-10(11)12(17)13(16)18/h2-5H,6H2,1H3. The molecular formula is C13H9ClN2O3. The molecule has 0 aliphatic carbocycles. The lowest BCUT2D eigenvalue weighted by molar-refractivity contribution is -0.114. The molecule has 1 aliphatic rings. The molecule has 1 aliphatic heterocycles. The van der Waals surface area contributed by atoms with E-state index in [2.05, 4.69) is 5.16 Å². The first-order valence-corrected chi connectivity index (χ1v) is 6.02. The molecule has 0 unspecified atom stereocenters. The van der Waals surface area contributed by atoms with Gasteiger partial charge in [0.15, 0.2) is 0 Å². The van der Waals surface area contributed by atoms with E-state index in [0.717, 1.165) is 0 Å². The predicted octanol–water partition coefficient (Wildman–Crippen LogP) is 2.37. The van der Waals surface area contributed by atoms with Gasteiger partial charge in [-0.25, -0.2) is 0 Å². The molecule has 2 aromatic rings. The highest BCUT2D eigenvalue weighted by atomic mass is 35.5. The number of amides is 1. The van der Waals surface area contributed by atoms with Gasteiger partial charge in [0.25, 0.3) is 11.7 Å². The van der Waals surface area contributed by atoms with Crippen LogP contribution in [0.25, 0.3) is 0 Å². The molecule has 0 atom stereocenters. The van der Waals surface area contributed by atoms with E-state index >= 15 is 0 Å². The summed E-state index contributed by atoms with van der Waals surface area (Å²) in [7, 11) is 0. The Hall–Kier alpha value is -2.14. The normalized spacial score (nSPS) is 14.1. The Morgan fingerprint density at radius 1 is 1.32 bits per heavy atom. The van der Waals surface area contributed by atoms with Crippen LogP contribution in [0.2, 0.25) is 5.02 Å². The Morgan fingerprint density at radius 3 is 2.79 bits per heavy atom. The second kappa shape index (κ2) is 4.20. The van der Waals surface area contributed by atoms with Crippen molar-refractivity contribution >= 4 is 29.0 Å². The summed E-state index contributed by atoms with van der Waals surface area (Å²) in [4.78, 5) is 25.2. The van der Waals surface area contributed by atoms with Crippen LogP contribution in [-0.4, -0.2) is 16.8 Å². The maximum absolute atomic E-state index is 12.0. The van der Waals surface area contributed by atoms with Gasteiger partial charge in [0.1, 0.15) is 11.5 Å². The molecule has 1 aromatic carbocycles. The van der Waals surface area contributed by atoms with Crippen molar-refractivity contribution in [1.29, 1.82) is 0 Å². The van der Waals surface area contributed by atoms with Crippen molar-refractivity contribution in [3.05, 3.63) is 46.3 Å². The first-order valence-electron chi connectivity index (χ1n) is 5.64. The number of fused-ring (bicyclic) bond motifs is 1. The van der Waals surface area contributed by atoms with Crippen molar-refractivity contribution in [1.82, 2.24) is 5.16 Å². The van der Waals surface area contributed by atoms with Crippen LogP contribution >= 0.6 is 11.6 Å². The lowest BCUT2D eigenvalue weighted by atomic mass is 10.1. The largest absolute Gasteiger partial charge is 0.361 e. The lowest BCUT2D eigenvalue weighted by Crippen LogP contribution is -2.29. The monoisotopic (exact) mass is 276 g/mol. The van der Waals surface area contributed by atoms with Gasteiger partial charge in [0, 0.05) is 11.1 Å². The van der Waals surface area contributed by atoms with Crippen LogP contribution in [0.15, 0.2) is 28.8 Å². The molecule has 3 rings (SSSR count). The van der Waals surface area contributed by atoms with Crippen molar-refractivity contribution in [2.45, 2.75) is 13.5 Å². The molecule has 0 fully saturated rings. The Labute approximate surface area is 113 Å². The third-order valence-electron chi connectivity index (χ3n) is 2.93. The third-order valence-corrected chi connectivity index (χ3v) is 3.17. The number of ketones is 1.